The number of guanidine groups is 1. The molecule has 27 heavy (non-hydrogen) atoms. The maximum Gasteiger partial charge on any atom is 0.193 e. The van der Waals surface area contributed by atoms with Crippen molar-refractivity contribution in [1.29, 1.82) is 0 Å². The molecule has 0 aromatic rings. The quantitative estimate of drug-likeness (QED) is 0.277. The SMILES string of the molecule is CCNC(=NCCCN1CCCN(C)CC1)N1CCC2(CCCCC2)C1.I. The van der Waals surface area contributed by atoms with Crippen LogP contribution < -0.4 is 5.32 Å². The van der Waals surface area contributed by atoms with Crippen LogP contribution in [0.5, 0.6) is 0 Å². The second kappa shape index (κ2) is 11.8. The standard InChI is InChI=1S/C21H41N5.HI/c1-3-22-20(26-16-11-21(19-26)9-5-4-6-10-21)23-12-7-14-25-15-8-13-24(2)17-18-25;/h3-19H2,1-2H3,(H,22,23);1H. The van der Waals surface area contributed by atoms with E-state index < -0.39 is 0 Å². The summed E-state index contributed by atoms with van der Waals surface area (Å²) in [5, 5.41) is 3.56. The lowest BCUT2D eigenvalue weighted by atomic mass is 9.73. The van der Waals surface area contributed by atoms with Crippen LogP contribution >= 0.6 is 24.0 Å². The van der Waals surface area contributed by atoms with Crippen molar-refractivity contribution in [1.82, 2.24) is 20.0 Å². The zero-order valence-electron chi connectivity index (χ0n) is 17.7. The molecule has 5 nitrogen and oxygen atoms in total. The van der Waals surface area contributed by atoms with E-state index in [9.17, 15) is 0 Å². The molecule has 3 fully saturated rings. The summed E-state index contributed by atoms with van der Waals surface area (Å²) in [5.41, 5.74) is 0.604. The van der Waals surface area contributed by atoms with Crippen LogP contribution in [0.3, 0.4) is 0 Å². The third-order valence-electron chi connectivity index (χ3n) is 6.69. The molecule has 1 spiro atoms. The molecule has 158 valence electrons. The molecule has 1 N–H and O–H groups in total. The fraction of sp³-hybridized carbons (Fsp3) is 0.952. The molecular weight excluding hydrogens is 449 g/mol. The average molecular weight is 492 g/mol. The van der Waals surface area contributed by atoms with E-state index in [-0.39, 0.29) is 24.0 Å². The fourth-order valence-corrected chi connectivity index (χ4v) is 5.05. The van der Waals surface area contributed by atoms with Crippen LogP contribution in [0.1, 0.15) is 58.3 Å². The van der Waals surface area contributed by atoms with E-state index in [4.69, 9.17) is 4.99 Å². The van der Waals surface area contributed by atoms with Gasteiger partial charge in [0.1, 0.15) is 0 Å². The molecule has 0 aromatic heterocycles. The summed E-state index contributed by atoms with van der Waals surface area (Å²) >= 11 is 0. The average Bonchev–Trinajstić information content (AvgIpc) is 2.93. The van der Waals surface area contributed by atoms with Crippen molar-refractivity contribution in [3.05, 3.63) is 0 Å². The molecule has 1 saturated carbocycles. The second-order valence-electron chi connectivity index (χ2n) is 8.82. The maximum absolute atomic E-state index is 4.99. The maximum atomic E-state index is 4.99. The lowest BCUT2D eigenvalue weighted by Gasteiger charge is -2.33. The van der Waals surface area contributed by atoms with E-state index in [0.29, 0.717) is 5.41 Å². The van der Waals surface area contributed by atoms with Crippen LogP contribution in [-0.2, 0) is 0 Å². The number of aliphatic imine (C=N–C) groups is 1. The lowest BCUT2D eigenvalue weighted by Crippen LogP contribution is -2.41. The highest BCUT2D eigenvalue weighted by Crippen LogP contribution is 2.43. The highest BCUT2D eigenvalue weighted by atomic mass is 127. The van der Waals surface area contributed by atoms with Gasteiger partial charge in [-0.25, -0.2) is 0 Å². The van der Waals surface area contributed by atoms with Gasteiger partial charge in [0, 0.05) is 39.3 Å². The van der Waals surface area contributed by atoms with E-state index in [1.807, 2.05) is 0 Å². The summed E-state index contributed by atoms with van der Waals surface area (Å²) in [4.78, 5) is 12.6. The summed E-state index contributed by atoms with van der Waals surface area (Å²) < 4.78 is 0. The van der Waals surface area contributed by atoms with Gasteiger partial charge in [0.25, 0.3) is 0 Å². The normalized spacial score (nSPS) is 24.7. The van der Waals surface area contributed by atoms with Crippen molar-refractivity contribution in [2.45, 2.75) is 58.3 Å². The van der Waals surface area contributed by atoms with Gasteiger partial charge in [-0.3, -0.25) is 4.99 Å². The predicted molar refractivity (Wildman–Crippen MR) is 126 cm³/mol. The summed E-state index contributed by atoms with van der Waals surface area (Å²) in [6.45, 7) is 12.7. The molecule has 6 heteroatoms. The second-order valence-corrected chi connectivity index (χ2v) is 8.82. The van der Waals surface area contributed by atoms with Crippen LogP contribution in [0.15, 0.2) is 4.99 Å². The highest BCUT2D eigenvalue weighted by molar-refractivity contribution is 14.0. The van der Waals surface area contributed by atoms with Crippen LogP contribution in [0.2, 0.25) is 0 Å². The summed E-state index contributed by atoms with van der Waals surface area (Å²) in [5.74, 6) is 1.17. The van der Waals surface area contributed by atoms with Crippen molar-refractivity contribution in [3.8, 4) is 0 Å². The number of rotatable bonds is 5. The smallest absolute Gasteiger partial charge is 0.193 e. The third-order valence-corrected chi connectivity index (χ3v) is 6.69. The van der Waals surface area contributed by atoms with Crippen LogP contribution in [-0.4, -0.2) is 86.6 Å². The predicted octanol–water partition coefficient (Wildman–Crippen LogP) is 3.25. The van der Waals surface area contributed by atoms with E-state index >= 15 is 0 Å². The molecule has 0 aromatic carbocycles. The number of likely N-dealkylation sites (tertiary alicyclic amines) is 1. The van der Waals surface area contributed by atoms with Gasteiger partial charge in [-0.15, -0.1) is 24.0 Å². The van der Waals surface area contributed by atoms with Crippen molar-refractivity contribution in [2.24, 2.45) is 10.4 Å². The molecule has 2 aliphatic heterocycles. The van der Waals surface area contributed by atoms with Gasteiger partial charge in [0.05, 0.1) is 0 Å². The summed E-state index contributed by atoms with van der Waals surface area (Å²) in [7, 11) is 2.24. The summed E-state index contributed by atoms with van der Waals surface area (Å²) in [6, 6.07) is 0. The molecule has 2 saturated heterocycles. The Kier molecular flexibility index (Phi) is 10.1. The van der Waals surface area contributed by atoms with E-state index in [1.165, 1.54) is 103 Å². The summed E-state index contributed by atoms with van der Waals surface area (Å²) in [6.07, 6.45) is 11.1. The van der Waals surface area contributed by atoms with Crippen molar-refractivity contribution < 1.29 is 0 Å². The van der Waals surface area contributed by atoms with Crippen LogP contribution in [0, 0.1) is 5.41 Å². The molecule has 0 bridgehead atoms. The van der Waals surface area contributed by atoms with Crippen molar-refractivity contribution in [2.75, 3.05) is 66.0 Å². The van der Waals surface area contributed by atoms with Crippen LogP contribution in [0.4, 0.5) is 0 Å². The van der Waals surface area contributed by atoms with Gasteiger partial charge in [-0.1, -0.05) is 19.3 Å². The Balaban J connectivity index is 0.00000261. The molecule has 1 aliphatic carbocycles. The topological polar surface area (TPSA) is 34.1 Å². The number of halogens is 1. The lowest BCUT2D eigenvalue weighted by molar-refractivity contribution is 0.203. The number of likely N-dealkylation sites (N-methyl/N-ethyl adjacent to an activating group) is 1. The molecule has 2 heterocycles. The first-order valence-electron chi connectivity index (χ1n) is 11.1. The monoisotopic (exact) mass is 491 g/mol. The zero-order valence-corrected chi connectivity index (χ0v) is 20.0. The molecule has 0 amide bonds. The number of nitrogens with one attached hydrogen (secondary N) is 1. The van der Waals surface area contributed by atoms with Gasteiger partial charge in [-0.05, 0) is 71.1 Å². The Labute approximate surface area is 184 Å². The molecule has 0 unspecified atom stereocenters. The van der Waals surface area contributed by atoms with Gasteiger partial charge in [0.2, 0.25) is 0 Å². The molecule has 0 radical (unpaired) electrons. The van der Waals surface area contributed by atoms with Gasteiger partial charge < -0.3 is 20.0 Å². The fourth-order valence-electron chi connectivity index (χ4n) is 5.05. The largest absolute Gasteiger partial charge is 0.357 e. The number of hydrogen-bond acceptors (Lipinski definition) is 3. The van der Waals surface area contributed by atoms with Crippen LogP contribution in [0.25, 0.3) is 0 Å². The molecular formula is C21H42IN5. The number of hydrogen-bond donors (Lipinski definition) is 1. The zero-order chi connectivity index (χ0) is 18.2. The van der Waals surface area contributed by atoms with Crippen molar-refractivity contribution >= 4 is 29.9 Å². The third kappa shape index (κ3) is 7.03. The minimum absolute atomic E-state index is 0. The first-order chi connectivity index (χ1) is 12.7. The Hall–Kier alpha value is -0.0800. The van der Waals surface area contributed by atoms with E-state index in [1.54, 1.807) is 0 Å². The van der Waals surface area contributed by atoms with Crippen molar-refractivity contribution in [3.63, 3.8) is 0 Å². The molecule has 0 atom stereocenters. The van der Waals surface area contributed by atoms with Gasteiger partial charge >= 0.3 is 0 Å². The highest BCUT2D eigenvalue weighted by Gasteiger charge is 2.39. The Morgan fingerprint density at radius 1 is 0.963 bits per heavy atom. The van der Waals surface area contributed by atoms with E-state index in [0.717, 1.165) is 13.1 Å². The molecule has 3 aliphatic rings. The minimum Gasteiger partial charge on any atom is -0.357 e. The number of nitrogens with zero attached hydrogens (tertiary/aromatic N) is 4. The van der Waals surface area contributed by atoms with E-state index in [2.05, 4.69) is 34.0 Å². The first-order valence-corrected chi connectivity index (χ1v) is 11.1. The van der Waals surface area contributed by atoms with Gasteiger partial charge in [-0.2, -0.15) is 0 Å². The minimum atomic E-state index is 0. The van der Waals surface area contributed by atoms with Gasteiger partial charge in [0.15, 0.2) is 5.96 Å². The Bertz CT molecular complexity index is 450. The Morgan fingerprint density at radius 2 is 1.78 bits per heavy atom. The molecule has 3 rings (SSSR count). The Morgan fingerprint density at radius 3 is 2.56 bits per heavy atom. The first kappa shape index (κ1) is 23.2.